The maximum Gasteiger partial charge on any atom is 0.138 e. The van der Waals surface area contributed by atoms with Gasteiger partial charge in [-0.25, -0.2) is 4.98 Å². The minimum Gasteiger partial charge on any atom is -0.389 e. The molecule has 1 aromatic heterocycles. The Hall–Kier alpha value is -0.900. The number of hydrogen-bond acceptors (Lipinski definition) is 3. The van der Waals surface area contributed by atoms with E-state index in [-0.39, 0.29) is 0 Å². The van der Waals surface area contributed by atoms with Gasteiger partial charge in [-0.15, -0.1) is 0 Å². The highest BCUT2D eigenvalue weighted by Gasteiger charge is 2.25. The topological polar surface area (TPSA) is 50.9 Å². The molecule has 0 saturated heterocycles. The predicted octanol–water partition coefficient (Wildman–Crippen LogP) is 1.78. The smallest absolute Gasteiger partial charge is 0.138 e. The zero-order valence-electron chi connectivity index (χ0n) is 9.90. The lowest BCUT2D eigenvalue weighted by Crippen LogP contribution is -2.31. The molecule has 0 radical (unpaired) electrons. The Labute approximate surface area is 91.3 Å². The van der Waals surface area contributed by atoms with Gasteiger partial charge in [0.05, 0.1) is 5.60 Å². The Kier molecular flexibility index (Phi) is 4.27. The normalized spacial score (nSPS) is 12.0. The van der Waals surface area contributed by atoms with Gasteiger partial charge in [0, 0.05) is 13.0 Å². The Bertz CT molecular complexity index is 292. The van der Waals surface area contributed by atoms with E-state index < -0.39 is 5.60 Å². The molecule has 1 heterocycles. The fourth-order valence-electron chi connectivity index (χ4n) is 1.62. The fourth-order valence-corrected chi connectivity index (χ4v) is 1.62. The van der Waals surface area contributed by atoms with Gasteiger partial charge in [0.25, 0.3) is 0 Å². The summed E-state index contributed by atoms with van der Waals surface area (Å²) < 4.78 is 1.89. The van der Waals surface area contributed by atoms with Crippen LogP contribution in [0.2, 0.25) is 0 Å². The van der Waals surface area contributed by atoms with Crippen LogP contribution in [0.1, 0.15) is 45.9 Å². The highest BCUT2D eigenvalue weighted by atomic mass is 16.3. The van der Waals surface area contributed by atoms with Crippen LogP contribution in [-0.2, 0) is 13.0 Å². The third-order valence-electron chi connectivity index (χ3n) is 2.93. The minimum atomic E-state index is -0.626. The van der Waals surface area contributed by atoms with E-state index in [4.69, 9.17) is 0 Å². The van der Waals surface area contributed by atoms with Crippen molar-refractivity contribution in [3.8, 4) is 0 Å². The maximum absolute atomic E-state index is 10.2. The summed E-state index contributed by atoms with van der Waals surface area (Å²) >= 11 is 0. The molecular formula is C11H21N3O. The van der Waals surface area contributed by atoms with Crippen molar-refractivity contribution < 1.29 is 5.11 Å². The average molecular weight is 211 g/mol. The molecular weight excluding hydrogens is 190 g/mol. The Morgan fingerprint density at radius 3 is 2.53 bits per heavy atom. The highest BCUT2D eigenvalue weighted by Crippen LogP contribution is 2.19. The second-order valence-electron chi connectivity index (χ2n) is 4.01. The molecule has 0 aliphatic carbocycles. The monoisotopic (exact) mass is 211 g/mol. The van der Waals surface area contributed by atoms with Gasteiger partial charge in [-0.2, -0.15) is 5.10 Å². The third-order valence-corrected chi connectivity index (χ3v) is 2.93. The summed E-state index contributed by atoms with van der Waals surface area (Å²) in [5.74, 6) is 0.892. The zero-order chi connectivity index (χ0) is 11.3. The number of aryl methyl sites for hydroxylation is 1. The van der Waals surface area contributed by atoms with Crippen LogP contribution in [0.5, 0.6) is 0 Å². The van der Waals surface area contributed by atoms with Crippen LogP contribution in [0.25, 0.3) is 0 Å². The van der Waals surface area contributed by atoms with Gasteiger partial charge in [0.1, 0.15) is 12.2 Å². The number of aliphatic hydroxyl groups is 1. The first-order chi connectivity index (χ1) is 7.15. The lowest BCUT2D eigenvalue weighted by Gasteiger charge is -2.24. The van der Waals surface area contributed by atoms with Gasteiger partial charge < -0.3 is 5.11 Å². The van der Waals surface area contributed by atoms with E-state index >= 15 is 0 Å². The molecule has 0 saturated carbocycles. The van der Waals surface area contributed by atoms with Crippen molar-refractivity contribution in [2.45, 2.75) is 58.6 Å². The molecule has 0 bridgehead atoms. The molecule has 0 aliphatic rings. The molecule has 1 aromatic rings. The molecule has 0 atom stereocenters. The summed E-state index contributed by atoms with van der Waals surface area (Å²) in [5, 5.41) is 14.4. The molecule has 4 nitrogen and oxygen atoms in total. The summed E-state index contributed by atoms with van der Waals surface area (Å²) in [6, 6.07) is 0. The van der Waals surface area contributed by atoms with Crippen LogP contribution in [0, 0.1) is 0 Å². The van der Waals surface area contributed by atoms with Gasteiger partial charge in [-0.3, -0.25) is 4.68 Å². The standard InChI is InChI=1S/C11H21N3O/c1-4-7-14-10(12-9-13-14)8-11(15,5-2)6-3/h9,15H,4-8H2,1-3H3. The van der Waals surface area contributed by atoms with Gasteiger partial charge in [0.2, 0.25) is 0 Å². The molecule has 0 aromatic carbocycles. The van der Waals surface area contributed by atoms with Crippen LogP contribution < -0.4 is 0 Å². The van der Waals surface area contributed by atoms with E-state index in [9.17, 15) is 5.11 Å². The zero-order valence-corrected chi connectivity index (χ0v) is 9.90. The molecule has 0 fully saturated rings. The van der Waals surface area contributed by atoms with E-state index in [1.54, 1.807) is 6.33 Å². The van der Waals surface area contributed by atoms with Gasteiger partial charge >= 0.3 is 0 Å². The summed E-state index contributed by atoms with van der Waals surface area (Å²) in [6.45, 7) is 6.99. The summed E-state index contributed by atoms with van der Waals surface area (Å²) in [7, 11) is 0. The van der Waals surface area contributed by atoms with E-state index in [0.717, 1.165) is 31.6 Å². The Morgan fingerprint density at radius 1 is 1.33 bits per heavy atom. The lowest BCUT2D eigenvalue weighted by atomic mass is 9.93. The molecule has 0 amide bonds. The van der Waals surface area contributed by atoms with Crippen LogP contribution in [0.15, 0.2) is 6.33 Å². The molecule has 15 heavy (non-hydrogen) atoms. The number of hydrogen-bond donors (Lipinski definition) is 1. The fraction of sp³-hybridized carbons (Fsp3) is 0.818. The maximum atomic E-state index is 10.2. The molecule has 0 aliphatic heterocycles. The SMILES string of the molecule is CCCn1ncnc1CC(O)(CC)CC. The van der Waals surface area contributed by atoms with Gasteiger partial charge in [-0.1, -0.05) is 20.8 Å². The molecule has 0 unspecified atom stereocenters. The summed E-state index contributed by atoms with van der Waals surface area (Å²) in [4.78, 5) is 4.21. The number of nitrogens with zero attached hydrogens (tertiary/aromatic N) is 3. The van der Waals surface area contributed by atoms with Crippen molar-refractivity contribution in [1.82, 2.24) is 14.8 Å². The number of aromatic nitrogens is 3. The molecule has 86 valence electrons. The number of rotatable bonds is 6. The van der Waals surface area contributed by atoms with Gasteiger partial charge in [0.15, 0.2) is 0 Å². The first-order valence-electron chi connectivity index (χ1n) is 5.74. The van der Waals surface area contributed by atoms with Gasteiger partial charge in [-0.05, 0) is 19.3 Å². The van der Waals surface area contributed by atoms with E-state index in [2.05, 4.69) is 17.0 Å². The molecule has 1 rings (SSSR count). The van der Waals surface area contributed by atoms with Crippen molar-refractivity contribution in [3.05, 3.63) is 12.2 Å². The highest BCUT2D eigenvalue weighted by molar-refractivity contribution is 4.93. The van der Waals surface area contributed by atoms with E-state index in [1.165, 1.54) is 0 Å². The second kappa shape index (κ2) is 5.26. The largest absolute Gasteiger partial charge is 0.389 e. The third kappa shape index (κ3) is 3.02. The first kappa shape index (κ1) is 12.2. The van der Waals surface area contributed by atoms with Crippen molar-refractivity contribution in [1.29, 1.82) is 0 Å². The Morgan fingerprint density at radius 2 is 2.00 bits per heavy atom. The minimum absolute atomic E-state index is 0.597. The average Bonchev–Trinajstić information content (AvgIpc) is 2.66. The first-order valence-corrected chi connectivity index (χ1v) is 5.74. The molecule has 4 heteroatoms. The van der Waals surface area contributed by atoms with Crippen LogP contribution in [-0.4, -0.2) is 25.5 Å². The van der Waals surface area contributed by atoms with Crippen LogP contribution in [0.4, 0.5) is 0 Å². The van der Waals surface area contributed by atoms with Crippen LogP contribution in [0.3, 0.4) is 0 Å². The van der Waals surface area contributed by atoms with Crippen molar-refractivity contribution >= 4 is 0 Å². The molecule has 1 N–H and O–H groups in total. The molecule has 0 spiro atoms. The van der Waals surface area contributed by atoms with Crippen molar-refractivity contribution in [2.75, 3.05) is 0 Å². The summed E-state index contributed by atoms with van der Waals surface area (Å²) in [5.41, 5.74) is -0.626. The van der Waals surface area contributed by atoms with E-state index in [1.807, 2.05) is 18.5 Å². The lowest BCUT2D eigenvalue weighted by molar-refractivity contribution is 0.0296. The van der Waals surface area contributed by atoms with Crippen molar-refractivity contribution in [2.24, 2.45) is 0 Å². The summed E-state index contributed by atoms with van der Waals surface area (Å²) in [6.07, 6.45) is 4.70. The van der Waals surface area contributed by atoms with Crippen molar-refractivity contribution in [3.63, 3.8) is 0 Å². The quantitative estimate of drug-likeness (QED) is 0.780. The predicted molar refractivity (Wildman–Crippen MR) is 59.5 cm³/mol. The van der Waals surface area contributed by atoms with E-state index in [0.29, 0.717) is 6.42 Å². The Balaban J connectivity index is 2.74. The van der Waals surface area contributed by atoms with Crippen LogP contribution >= 0.6 is 0 Å². The second-order valence-corrected chi connectivity index (χ2v) is 4.01.